The van der Waals surface area contributed by atoms with Crippen molar-refractivity contribution >= 4 is 63.1 Å². The maximum absolute atomic E-state index is 14.6. The minimum atomic E-state index is -1.30. The number of nitrogens with one attached hydrogen (secondary N) is 4. The minimum absolute atomic E-state index is 0.0322. The highest BCUT2D eigenvalue weighted by Gasteiger charge is 2.45. The Kier molecular flexibility index (Phi) is 19.3. The summed E-state index contributed by atoms with van der Waals surface area (Å²) in [5, 5.41) is 10.3. The number of primary amides is 1. The van der Waals surface area contributed by atoms with Crippen LogP contribution < -0.4 is 27.0 Å². The van der Waals surface area contributed by atoms with Gasteiger partial charge in [-0.3, -0.25) is 33.6 Å². The molecule has 1 aromatic rings. The normalized spacial score (nSPS) is 18.6. The maximum atomic E-state index is 14.6. The highest BCUT2D eigenvalue weighted by molar-refractivity contribution is 9.10. The number of ketones is 1. The molecule has 1 aliphatic heterocycles. The van der Waals surface area contributed by atoms with Gasteiger partial charge in [0.2, 0.25) is 35.3 Å². The van der Waals surface area contributed by atoms with Gasteiger partial charge in [0.25, 0.3) is 5.91 Å². The summed E-state index contributed by atoms with van der Waals surface area (Å²) in [4.78, 5) is 107. The summed E-state index contributed by atoms with van der Waals surface area (Å²) in [5.41, 5.74) is 5.38. The van der Waals surface area contributed by atoms with E-state index >= 15 is 0 Å². The Bertz CT molecular complexity index is 1610. The molecule has 16 nitrogen and oxygen atoms in total. The van der Waals surface area contributed by atoms with Gasteiger partial charge in [-0.05, 0) is 70.1 Å². The van der Waals surface area contributed by atoms with E-state index in [0.717, 1.165) is 35.7 Å². The van der Waals surface area contributed by atoms with Crippen molar-refractivity contribution in [2.75, 3.05) is 19.7 Å². The van der Waals surface area contributed by atoms with E-state index in [-0.39, 0.29) is 37.6 Å². The number of halogens is 1. The zero-order valence-electron chi connectivity index (χ0n) is 34.4. The lowest BCUT2D eigenvalue weighted by Gasteiger charge is -2.35. The Morgan fingerprint density at radius 3 is 2.16 bits per heavy atom. The summed E-state index contributed by atoms with van der Waals surface area (Å²) in [7, 11) is 0. The van der Waals surface area contributed by atoms with E-state index in [4.69, 9.17) is 15.2 Å². The number of rotatable bonds is 21. The number of esters is 1. The predicted octanol–water partition coefficient (Wildman–Crippen LogP) is 2.52. The molecular weight excluding hydrogens is 816 g/mol. The highest BCUT2D eigenvalue weighted by Crippen LogP contribution is 2.30. The first kappa shape index (κ1) is 48.0. The molecule has 2 aliphatic rings. The molecule has 1 saturated carbocycles. The molecule has 6 N–H and O–H groups in total. The molecule has 1 saturated heterocycles. The van der Waals surface area contributed by atoms with Gasteiger partial charge in [-0.1, -0.05) is 80.4 Å². The first-order valence-electron chi connectivity index (χ1n) is 20.3. The van der Waals surface area contributed by atoms with E-state index in [9.17, 15) is 38.4 Å². The number of Topliss-reactive ketones (excluding diaryl/α,β-unsaturated/α-hetero) is 1. The van der Waals surface area contributed by atoms with Gasteiger partial charge in [0.05, 0.1) is 25.1 Å². The quantitative estimate of drug-likeness (QED) is 0.0895. The van der Waals surface area contributed by atoms with Gasteiger partial charge < -0.3 is 41.4 Å². The van der Waals surface area contributed by atoms with Crippen molar-refractivity contribution in [1.29, 1.82) is 0 Å². The average Bonchev–Trinajstić information content (AvgIpc) is 3.61. The third kappa shape index (κ3) is 15.8. The predicted molar refractivity (Wildman–Crippen MR) is 218 cm³/mol. The SMILES string of the molecule is CCCCC(NC(=O)CNC(=O)C(=O)C(CCC)NC(=O)[C@@H]1C[C@@H](OCC(=O)OC(C)(C)C)CN1C(=O)C(NC(=O)Cc1ccc(Br)cc1)C1CCCCC1)C(N)=O. The molecule has 1 aliphatic carbocycles. The number of likely N-dealkylation sites (tertiary alicyclic amines) is 1. The van der Waals surface area contributed by atoms with Crippen LogP contribution in [0, 0.1) is 5.92 Å². The van der Waals surface area contributed by atoms with E-state index in [2.05, 4.69) is 37.2 Å². The molecule has 6 amide bonds. The van der Waals surface area contributed by atoms with Crippen molar-refractivity contribution < 1.29 is 47.8 Å². The first-order valence-corrected chi connectivity index (χ1v) is 21.1. The Balaban J connectivity index is 1.81. The van der Waals surface area contributed by atoms with Crippen LogP contribution >= 0.6 is 15.9 Å². The highest BCUT2D eigenvalue weighted by atomic mass is 79.9. The van der Waals surface area contributed by atoms with E-state index < -0.39 is 90.3 Å². The van der Waals surface area contributed by atoms with Crippen molar-refractivity contribution in [2.45, 2.75) is 148 Å². The number of ether oxygens (including phenoxy) is 2. The van der Waals surface area contributed by atoms with Gasteiger partial charge in [-0.2, -0.15) is 0 Å². The largest absolute Gasteiger partial charge is 0.458 e. The number of amides is 6. The van der Waals surface area contributed by atoms with Crippen molar-refractivity contribution in [2.24, 2.45) is 11.7 Å². The number of benzene rings is 1. The van der Waals surface area contributed by atoms with Crippen LogP contribution in [0.5, 0.6) is 0 Å². The second-order valence-electron chi connectivity index (χ2n) is 16.1. The number of hydrogen-bond donors (Lipinski definition) is 5. The zero-order chi connectivity index (χ0) is 43.0. The number of nitrogens with two attached hydrogens (primary N) is 1. The van der Waals surface area contributed by atoms with Crippen molar-refractivity contribution in [1.82, 2.24) is 26.2 Å². The molecule has 0 bridgehead atoms. The third-order valence-corrected chi connectivity index (χ3v) is 10.6. The molecule has 5 atom stereocenters. The molecule has 2 fully saturated rings. The maximum Gasteiger partial charge on any atom is 0.332 e. The van der Waals surface area contributed by atoms with Crippen molar-refractivity contribution in [3.8, 4) is 0 Å². The van der Waals surface area contributed by atoms with E-state index in [1.54, 1.807) is 27.7 Å². The molecule has 322 valence electrons. The van der Waals surface area contributed by atoms with Gasteiger partial charge in [0.15, 0.2) is 0 Å². The summed E-state index contributed by atoms with van der Waals surface area (Å²) < 4.78 is 12.1. The molecular formula is C41H61BrN6O10. The van der Waals surface area contributed by atoms with Crippen LogP contribution in [0.15, 0.2) is 28.7 Å². The third-order valence-electron chi connectivity index (χ3n) is 10.1. The molecule has 1 heterocycles. The molecule has 3 rings (SSSR count). The Hall–Kier alpha value is -4.38. The Morgan fingerprint density at radius 2 is 1.55 bits per heavy atom. The van der Waals surface area contributed by atoms with Crippen LogP contribution in [0.3, 0.4) is 0 Å². The summed E-state index contributed by atoms with van der Waals surface area (Å²) in [6.45, 7) is 7.70. The molecule has 17 heteroatoms. The van der Waals surface area contributed by atoms with Gasteiger partial charge in [-0.15, -0.1) is 0 Å². The zero-order valence-corrected chi connectivity index (χ0v) is 36.0. The lowest BCUT2D eigenvalue weighted by molar-refractivity contribution is -0.162. The number of nitrogens with zero attached hydrogens (tertiary/aromatic N) is 1. The van der Waals surface area contributed by atoms with E-state index in [1.165, 1.54) is 4.90 Å². The minimum Gasteiger partial charge on any atom is -0.458 e. The standard InChI is InChI=1S/C41H61BrN6O10/c1-6-8-15-30(37(43)53)45-33(50)22-44-39(55)36(52)29(12-7-2)46-38(54)31-21-28(57-24-34(51)58-41(3,4)5)23-48(31)40(56)35(26-13-10-9-11-14-26)47-32(49)20-25-16-18-27(42)19-17-25/h16-19,26,28-31,35H,6-15,20-24H2,1-5H3,(H2,43,53)(H,44,55)(H,45,50)(H,46,54)(H,47,49)/t28-,29?,30?,31+,35?/m1/s1. The summed E-state index contributed by atoms with van der Waals surface area (Å²) >= 11 is 3.40. The number of carbonyl (C=O) groups excluding carboxylic acids is 8. The summed E-state index contributed by atoms with van der Waals surface area (Å²) in [5.74, 6) is -5.96. The fraction of sp³-hybridized carbons (Fsp3) is 0.659. The van der Waals surface area contributed by atoms with Crippen LogP contribution in [0.25, 0.3) is 0 Å². The first-order chi connectivity index (χ1) is 27.4. The van der Waals surface area contributed by atoms with Gasteiger partial charge in [0.1, 0.15) is 30.3 Å². The second-order valence-corrected chi connectivity index (χ2v) is 17.0. The number of carbonyl (C=O) groups is 8. The Labute approximate surface area is 349 Å². The average molecular weight is 878 g/mol. The molecule has 1 aromatic carbocycles. The van der Waals surface area contributed by atoms with Gasteiger partial charge in [-0.25, -0.2) is 4.79 Å². The lowest BCUT2D eigenvalue weighted by Crippen LogP contribution is -2.58. The smallest absolute Gasteiger partial charge is 0.332 e. The van der Waals surface area contributed by atoms with Crippen LogP contribution in [-0.4, -0.2) is 108 Å². The van der Waals surface area contributed by atoms with Gasteiger partial charge >= 0.3 is 5.97 Å². The molecule has 58 heavy (non-hydrogen) atoms. The van der Waals surface area contributed by atoms with Gasteiger partial charge in [0, 0.05) is 17.4 Å². The van der Waals surface area contributed by atoms with Crippen LogP contribution in [0.2, 0.25) is 0 Å². The summed E-state index contributed by atoms with van der Waals surface area (Å²) in [6, 6.07) is 2.90. The molecule has 0 radical (unpaired) electrons. The number of hydrogen-bond acceptors (Lipinski definition) is 10. The van der Waals surface area contributed by atoms with Crippen LogP contribution in [-0.2, 0) is 54.3 Å². The van der Waals surface area contributed by atoms with E-state index in [1.807, 2.05) is 31.2 Å². The fourth-order valence-corrected chi connectivity index (χ4v) is 7.44. The monoisotopic (exact) mass is 876 g/mol. The summed E-state index contributed by atoms with van der Waals surface area (Å²) in [6.07, 6.45) is 5.55. The lowest BCUT2D eigenvalue weighted by atomic mass is 9.83. The van der Waals surface area contributed by atoms with Crippen molar-refractivity contribution in [3.05, 3.63) is 34.3 Å². The molecule has 0 aromatic heterocycles. The fourth-order valence-electron chi connectivity index (χ4n) is 7.18. The Morgan fingerprint density at radius 1 is 0.879 bits per heavy atom. The number of unbranched alkanes of at least 4 members (excludes halogenated alkanes) is 1. The van der Waals surface area contributed by atoms with Crippen molar-refractivity contribution in [3.63, 3.8) is 0 Å². The van der Waals surface area contributed by atoms with Crippen LogP contribution in [0.4, 0.5) is 0 Å². The van der Waals surface area contributed by atoms with Crippen LogP contribution in [0.1, 0.15) is 111 Å². The topological polar surface area (TPSA) is 232 Å². The van der Waals surface area contributed by atoms with E-state index in [0.29, 0.717) is 32.1 Å². The molecule has 0 spiro atoms. The molecule has 3 unspecified atom stereocenters. The second kappa shape index (κ2) is 23.3.